The van der Waals surface area contributed by atoms with Crippen LogP contribution in [0.2, 0.25) is 0 Å². The smallest absolute Gasteiger partial charge is 0.369 e. The molecule has 0 radical (unpaired) electrons. The van der Waals surface area contributed by atoms with Gasteiger partial charge in [0.1, 0.15) is 5.75 Å². The monoisotopic (exact) mass is 365 g/mol. The zero-order valence-corrected chi connectivity index (χ0v) is 14.4. The molecule has 8 nitrogen and oxygen atoms in total. The van der Waals surface area contributed by atoms with Crippen molar-refractivity contribution in [1.29, 1.82) is 5.26 Å². The first-order valence-electron chi connectivity index (χ1n) is 8.24. The van der Waals surface area contributed by atoms with Crippen molar-refractivity contribution in [1.82, 2.24) is 0 Å². The van der Waals surface area contributed by atoms with E-state index in [1.165, 1.54) is 19.2 Å². The summed E-state index contributed by atoms with van der Waals surface area (Å²) in [5.41, 5.74) is 0.995. The van der Waals surface area contributed by atoms with Crippen LogP contribution in [0.5, 0.6) is 5.75 Å². The number of hydrogen-bond donors (Lipinski definition) is 0. The van der Waals surface area contributed by atoms with Gasteiger partial charge in [0.25, 0.3) is 11.0 Å². The maximum Gasteiger partial charge on any atom is 0.369 e. The Kier molecular flexibility index (Phi) is 4.24. The minimum atomic E-state index is -0.582. The average molecular weight is 365 g/mol. The Morgan fingerprint density at radius 3 is 2.37 bits per heavy atom. The van der Waals surface area contributed by atoms with Gasteiger partial charge >= 0.3 is 11.4 Å². The molecule has 136 valence electrons. The number of nitrogens with zero attached hydrogens (tertiary/aromatic N) is 3. The fourth-order valence-electron chi connectivity index (χ4n) is 3.11. The predicted molar refractivity (Wildman–Crippen MR) is 93.2 cm³/mol. The maximum absolute atomic E-state index is 13.0. The van der Waals surface area contributed by atoms with Gasteiger partial charge in [0.2, 0.25) is 0 Å². The van der Waals surface area contributed by atoms with E-state index < -0.39 is 6.29 Å². The van der Waals surface area contributed by atoms with E-state index in [0.29, 0.717) is 39.6 Å². The van der Waals surface area contributed by atoms with Gasteiger partial charge < -0.3 is 24.6 Å². The minimum Gasteiger partial charge on any atom is -0.617 e. The zero-order chi connectivity index (χ0) is 19.0. The van der Waals surface area contributed by atoms with Crippen LogP contribution in [-0.2, 0) is 9.47 Å². The van der Waals surface area contributed by atoms with Crippen molar-refractivity contribution in [3.8, 4) is 23.1 Å². The molecule has 0 atom stereocenters. The van der Waals surface area contributed by atoms with Crippen molar-refractivity contribution in [2.75, 3.05) is 20.3 Å². The molecular weight excluding hydrogens is 350 g/mol. The van der Waals surface area contributed by atoms with Crippen molar-refractivity contribution in [3.63, 3.8) is 0 Å². The highest BCUT2D eigenvalue weighted by Crippen LogP contribution is 2.27. The molecule has 0 bridgehead atoms. The van der Waals surface area contributed by atoms with Gasteiger partial charge in [-0.1, -0.05) is 0 Å². The highest BCUT2D eigenvalue weighted by atomic mass is 16.7. The quantitative estimate of drug-likeness (QED) is 0.517. The average Bonchev–Trinajstić information content (AvgIpc) is 3.25. The SMILES string of the molecule is COc1ccc(-c2c(C#N)[n+]([O-])c3cc(C4OCCO4)ccc3[n+]2[O-])cc1. The highest BCUT2D eigenvalue weighted by Gasteiger charge is 2.31. The fraction of sp³-hybridized carbons (Fsp3) is 0.211. The number of hydrogen-bond acceptors (Lipinski definition) is 6. The molecule has 1 aliphatic heterocycles. The van der Waals surface area contributed by atoms with Crippen LogP contribution in [0.25, 0.3) is 22.3 Å². The molecule has 2 heterocycles. The molecule has 27 heavy (non-hydrogen) atoms. The van der Waals surface area contributed by atoms with E-state index >= 15 is 0 Å². The van der Waals surface area contributed by atoms with E-state index in [0.717, 1.165) is 0 Å². The van der Waals surface area contributed by atoms with E-state index in [4.69, 9.17) is 14.2 Å². The van der Waals surface area contributed by atoms with E-state index in [1.54, 1.807) is 30.3 Å². The molecule has 3 aromatic rings. The van der Waals surface area contributed by atoms with Crippen molar-refractivity contribution in [2.45, 2.75) is 6.29 Å². The molecule has 4 rings (SSSR count). The molecule has 1 aromatic heterocycles. The summed E-state index contributed by atoms with van der Waals surface area (Å²) in [4.78, 5) is 0. The van der Waals surface area contributed by atoms with Crippen LogP contribution in [0.15, 0.2) is 42.5 Å². The van der Waals surface area contributed by atoms with E-state index in [9.17, 15) is 15.7 Å². The van der Waals surface area contributed by atoms with Crippen LogP contribution in [0, 0.1) is 21.7 Å². The third kappa shape index (κ3) is 2.79. The van der Waals surface area contributed by atoms with Crippen LogP contribution in [0.1, 0.15) is 17.5 Å². The summed E-state index contributed by atoms with van der Waals surface area (Å²) in [5.74, 6) is 0.603. The van der Waals surface area contributed by atoms with Gasteiger partial charge in [-0.05, 0) is 30.3 Å². The first-order valence-corrected chi connectivity index (χ1v) is 8.24. The number of rotatable bonds is 3. The first-order chi connectivity index (χ1) is 13.1. The Hall–Kier alpha value is -3.41. The standard InChI is InChI=1S/C19H15N3O5/c1-25-14-5-2-12(3-6-14)18-17(11-20)21(23)16-10-13(19-26-8-9-27-19)4-7-15(16)22(18)24/h2-7,10,19H,8-9H2,1H3. The second-order valence-corrected chi connectivity index (χ2v) is 5.95. The lowest BCUT2D eigenvalue weighted by Gasteiger charge is -2.13. The van der Waals surface area contributed by atoms with Crippen molar-refractivity contribution in [3.05, 3.63) is 64.1 Å². The highest BCUT2D eigenvalue weighted by molar-refractivity contribution is 5.72. The first kappa shape index (κ1) is 17.0. The molecule has 0 amide bonds. The van der Waals surface area contributed by atoms with Gasteiger partial charge in [0.05, 0.1) is 25.9 Å². The van der Waals surface area contributed by atoms with E-state index in [-0.39, 0.29) is 22.4 Å². The molecule has 0 spiro atoms. The van der Waals surface area contributed by atoms with Crippen LogP contribution >= 0.6 is 0 Å². The summed E-state index contributed by atoms with van der Waals surface area (Å²) in [6, 6.07) is 13.2. The van der Waals surface area contributed by atoms with Crippen LogP contribution in [-0.4, -0.2) is 20.3 Å². The largest absolute Gasteiger partial charge is 0.617 e. The van der Waals surface area contributed by atoms with Crippen molar-refractivity contribution >= 4 is 11.0 Å². The van der Waals surface area contributed by atoms with E-state index in [2.05, 4.69) is 0 Å². The summed E-state index contributed by atoms with van der Waals surface area (Å²) >= 11 is 0. The lowest BCUT2D eigenvalue weighted by molar-refractivity contribution is -0.622. The normalized spacial score (nSPS) is 14.4. The number of benzene rings is 2. The minimum absolute atomic E-state index is 0.0104. The van der Waals surface area contributed by atoms with Crippen molar-refractivity contribution in [2.24, 2.45) is 0 Å². The number of ether oxygens (including phenoxy) is 3. The van der Waals surface area contributed by atoms with Gasteiger partial charge in [0.15, 0.2) is 12.4 Å². The molecule has 1 fully saturated rings. The Morgan fingerprint density at radius 2 is 1.74 bits per heavy atom. The molecule has 1 saturated heterocycles. The molecular formula is C19H15N3O5. The third-order valence-electron chi connectivity index (χ3n) is 4.43. The molecule has 0 unspecified atom stereocenters. The Morgan fingerprint density at radius 1 is 1.04 bits per heavy atom. The third-order valence-corrected chi connectivity index (χ3v) is 4.43. The van der Waals surface area contributed by atoms with Crippen LogP contribution in [0.3, 0.4) is 0 Å². The number of fused-ring (bicyclic) bond motifs is 1. The number of nitriles is 1. The van der Waals surface area contributed by atoms with Crippen LogP contribution < -0.4 is 14.2 Å². The Balaban J connectivity index is 1.93. The molecule has 0 saturated carbocycles. The predicted octanol–water partition coefficient (Wildman–Crippen LogP) is 1.70. The maximum atomic E-state index is 13.0. The Bertz CT molecular complexity index is 1050. The summed E-state index contributed by atoms with van der Waals surface area (Å²) in [7, 11) is 1.53. The second kappa shape index (κ2) is 6.72. The Labute approximate surface area is 154 Å². The fourth-order valence-corrected chi connectivity index (χ4v) is 3.11. The summed E-state index contributed by atoms with van der Waals surface area (Å²) in [6.45, 7) is 0.920. The van der Waals surface area contributed by atoms with Gasteiger partial charge in [-0.3, -0.25) is 0 Å². The number of methoxy groups -OCH3 is 1. The zero-order valence-electron chi connectivity index (χ0n) is 14.4. The van der Waals surface area contributed by atoms with Gasteiger partial charge in [-0.15, -0.1) is 4.73 Å². The van der Waals surface area contributed by atoms with Crippen LogP contribution in [0.4, 0.5) is 0 Å². The molecule has 8 heteroatoms. The van der Waals surface area contributed by atoms with Gasteiger partial charge in [0, 0.05) is 17.7 Å². The van der Waals surface area contributed by atoms with E-state index in [1.807, 2.05) is 6.07 Å². The summed E-state index contributed by atoms with van der Waals surface area (Å²) in [6.07, 6.45) is -0.582. The van der Waals surface area contributed by atoms with Crippen molar-refractivity contribution < 1.29 is 23.7 Å². The lowest BCUT2D eigenvalue weighted by atomic mass is 10.1. The molecule has 1 aliphatic rings. The molecule has 0 N–H and O–H groups in total. The van der Waals surface area contributed by atoms with Gasteiger partial charge in [-0.25, -0.2) is 0 Å². The summed E-state index contributed by atoms with van der Waals surface area (Å²) < 4.78 is 17.1. The topological polar surface area (TPSA) is 105 Å². The summed E-state index contributed by atoms with van der Waals surface area (Å²) in [5, 5.41) is 35.3. The number of aromatic nitrogens is 2. The lowest BCUT2D eigenvalue weighted by Crippen LogP contribution is -2.43. The second-order valence-electron chi connectivity index (χ2n) is 5.95. The molecule has 0 aliphatic carbocycles. The molecule has 2 aromatic carbocycles. The van der Waals surface area contributed by atoms with Gasteiger partial charge in [-0.2, -0.15) is 9.99 Å².